The van der Waals surface area contributed by atoms with Crippen LogP contribution in [0.2, 0.25) is 0 Å². The first-order valence-corrected chi connectivity index (χ1v) is 2.37. The molecule has 0 amide bonds. The first kappa shape index (κ1) is 6.95. The standard InChI is InChI=1S/C6H9NO/c1-2-3-4-5-6-7-8/h2-6,8H,1H3/b3-2+,5-4+,7-6+. The van der Waals surface area contributed by atoms with E-state index in [0.717, 1.165) is 0 Å². The molecule has 44 valence electrons. The van der Waals surface area contributed by atoms with Crippen LogP contribution in [0.1, 0.15) is 6.92 Å². The van der Waals surface area contributed by atoms with Crippen LogP contribution in [0.15, 0.2) is 29.5 Å². The van der Waals surface area contributed by atoms with Gasteiger partial charge in [-0.25, -0.2) is 0 Å². The molecule has 0 aromatic heterocycles. The lowest BCUT2D eigenvalue weighted by Gasteiger charge is -1.67. The third-order valence-corrected chi connectivity index (χ3v) is 0.567. The first-order chi connectivity index (χ1) is 3.91. The largest absolute Gasteiger partial charge is 0.411 e. The van der Waals surface area contributed by atoms with Crippen LogP contribution in [0.25, 0.3) is 0 Å². The van der Waals surface area contributed by atoms with Crippen molar-refractivity contribution in [2.45, 2.75) is 6.92 Å². The molecule has 0 rings (SSSR count). The van der Waals surface area contributed by atoms with Crippen molar-refractivity contribution in [3.8, 4) is 0 Å². The molecule has 0 aromatic rings. The molecule has 2 nitrogen and oxygen atoms in total. The van der Waals surface area contributed by atoms with Gasteiger partial charge < -0.3 is 5.21 Å². The van der Waals surface area contributed by atoms with Gasteiger partial charge in [0.15, 0.2) is 0 Å². The van der Waals surface area contributed by atoms with Gasteiger partial charge in [0.2, 0.25) is 0 Å². The van der Waals surface area contributed by atoms with Gasteiger partial charge in [0.1, 0.15) is 0 Å². The molecule has 8 heavy (non-hydrogen) atoms. The number of allylic oxidation sites excluding steroid dienone is 4. The number of rotatable bonds is 2. The lowest BCUT2D eigenvalue weighted by molar-refractivity contribution is 0.322. The lowest BCUT2D eigenvalue weighted by Crippen LogP contribution is -1.59. The molecular weight excluding hydrogens is 102 g/mol. The zero-order valence-electron chi connectivity index (χ0n) is 4.78. The summed E-state index contributed by atoms with van der Waals surface area (Å²) in [5.41, 5.74) is 0. The minimum absolute atomic E-state index is 1.31. The van der Waals surface area contributed by atoms with Gasteiger partial charge in [-0.2, -0.15) is 0 Å². The molecule has 0 aliphatic carbocycles. The van der Waals surface area contributed by atoms with Gasteiger partial charge in [0, 0.05) is 0 Å². The van der Waals surface area contributed by atoms with Crippen molar-refractivity contribution in [3.05, 3.63) is 24.3 Å². The van der Waals surface area contributed by atoms with E-state index in [0.29, 0.717) is 0 Å². The molecule has 0 aromatic carbocycles. The van der Waals surface area contributed by atoms with Crippen LogP contribution in [0.5, 0.6) is 0 Å². The van der Waals surface area contributed by atoms with Crippen LogP contribution in [0.3, 0.4) is 0 Å². The molecule has 0 bridgehead atoms. The Morgan fingerprint density at radius 2 is 2.00 bits per heavy atom. The molecule has 0 saturated carbocycles. The molecular formula is C6H9NO. The van der Waals surface area contributed by atoms with Crippen LogP contribution in [0, 0.1) is 0 Å². The Kier molecular flexibility index (Phi) is 5.17. The quantitative estimate of drug-likeness (QED) is 0.249. The van der Waals surface area contributed by atoms with E-state index in [1.807, 2.05) is 19.1 Å². The Hall–Kier alpha value is -1.05. The smallest absolute Gasteiger partial charge is 0.0661 e. The van der Waals surface area contributed by atoms with Crippen LogP contribution in [-0.2, 0) is 0 Å². The predicted octanol–water partition coefficient (Wildman–Crippen LogP) is 1.58. The SMILES string of the molecule is C/C=C/C=C/C=N/O. The molecule has 0 radical (unpaired) electrons. The molecule has 0 aliphatic rings. The highest BCUT2D eigenvalue weighted by molar-refractivity contribution is 5.70. The maximum absolute atomic E-state index is 7.86. The first-order valence-electron chi connectivity index (χ1n) is 2.37. The Labute approximate surface area is 48.8 Å². The highest BCUT2D eigenvalue weighted by Crippen LogP contribution is 1.71. The number of nitrogens with zero attached hydrogens (tertiary/aromatic N) is 1. The van der Waals surface area contributed by atoms with E-state index < -0.39 is 0 Å². The Balaban J connectivity index is 3.35. The Morgan fingerprint density at radius 1 is 1.25 bits per heavy atom. The normalized spacial score (nSPS) is 12.6. The number of hydrogen-bond acceptors (Lipinski definition) is 2. The molecule has 2 heteroatoms. The van der Waals surface area contributed by atoms with Gasteiger partial charge in [-0.3, -0.25) is 0 Å². The highest BCUT2D eigenvalue weighted by Gasteiger charge is 1.57. The van der Waals surface area contributed by atoms with E-state index in [2.05, 4.69) is 5.16 Å². The molecule has 0 heterocycles. The van der Waals surface area contributed by atoms with Crippen LogP contribution in [-0.4, -0.2) is 11.4 Å². The summed E-state index contributed by atoms with van der Waals surface area (Å²) in [6.45, 7) is 1.92. The number of hydrogen-bond donors (Lipinski definition) is 1. The van der Waals surface area contributed by atoms with Crippen LogP contribution >= 0.6 is 0 Å². The topological polar surface area (TPSA) is 32.6 Å². The maximum Gasteiger partial charge on any atom is 0.0661 e. The van der Waals surface area contributed by atoms with Gasteiger partial charge >= 0.3 is 0 Å². The summed E-state index contributed by atoms with van der Waals surface area (Å²) in [5, 5.41) is 10.6. The van der Waals surface area contributed by atoms with Gasteiger partial charge in [0.25, 0.3) is 0 Å². The van der Waals surface area contributed by atoms with Crippen LogP contribution < -0.4 is 0 Å². The van der Waals surface area contributed by atoms with Crippen molar-refractivity contribution in [1.82, 2.24) is 0 Å². The van der Waals surface area contributed by atoms with Crippen molar-refractivity contribution in [3.63, 3.8) is 0 Å². The molecule has 0 aliphatic heterocycles. The molecule has 0 saturated heterocycles. The van der Waals surface area contributed by atoms with E-state index in [1.54, 1.807) is 12.2 Å². The summed E-state index contributed by atoms with van der Waals surface area (Å²) in [6.07, 6.45) is 8.46. The summed E-state index contributed by atoms with van der Waals surface area (Å²) in [6, 6.07) is 0. The van der Waals surface area contributed by atoms with E-state index in [4.69, 9.17) is 5.21 Å². The van der Waals surface area contributed by atoms with Crippen molar-refractivity contribution in [1.29, 1.82) is 0 Å². The van der Waals surface area contributed by atoms with Crippen molar-refractivity contribution >= 4 is 6.21 Å². The zero-order chi connectivity index (χ0) is 6.24. The van der Waals surface area contributed by atoms with Gasteiger partial charge in [-0.15, -0.1) is 0 Å². The highest BCUT2D eigenvalue weighted by atomic mass is 16.4. The van der Waals surface area contributed by atoms with Crippen molar-refractivity contribution in [2.24, 2.45) is 5.16 Å². The van der Waals surface area contributed by atoms with E-state index in [1.165, 1.54) is 6.21 Å². The predicted molar refractivity (Wildman–Crippen MR) is 34.2 cm³/mol. The Bertz CT molecular complexity index is 99.7. The molecule has 0 spiro atoms. The second-order valence-corrected chi connectivity index (χ2v) is 1.18. The average Bonchev–Trinajstić information content (AvgIpc) is 1.81. The van der Waals surface area contributed by atoms with Crippen molar-refractivity contribution in [2.75, 3.05) is 0 Å². The minimum Gasteiger partial charge on any atom is -0.411 e. The molecule has 1 N–H and O–H groups in total. The second kappa shape index (κ2) is 5.95. The fourth-order valence-corrected chi connectivity index (χ4v) is 0.263. The maximum atomic E-state index is 7.86. The second-order valence-electron chi connectivity index (χ2n) is 1.18. The summed E-state index contributed by atoms with van der Waals surface area (Å²) >= 11 is 0. The number of oxime groups is 1. The monoisotopic (exact) mass is 111 g/mol. The van der Waals surface area contributed by atoms with Crippen LogP contribution in [0.4, 0.5) is 0 Å². The average molecular weight is 111 g/mol. The lowest BCUT2D eigenvalue weighted by atomic mass is 10.4. The zero-order valence-corrected chi connectivity index (χ0v) is 4.78. The summed E-state index contributed by atoms with van der Waals surface area (Å²) < 4.78 is 0. The Morgan fingerprint density at radius 3 is 2.50 bits per heavy atom. The van der Waals surface area contributed by atoms with Gasteiger partial charge in [-0.05, 0) is 13.0 Å². The third-order valence-electron chi connectivity index (χ3n) is 0.567. The molecule has 0 atom stereocenters. The fraction of sp³-hybridized carbons (Fsp3) is 0.167. The van der Waals surface area contributed by atoms with Crippen molar-refractivity contribution < 1.29 is 5.21 Å². The van der Waals surface area contributed by atoms with E-state index in [-0.39, 0.29) is 0 Å². The summed E-state index contributed by atoms with van der Waals surface area (Å²) in [4.78, 5) is 0. The molecule has 0 fully saturated rings. The molecule has 0 unspecified atom stereocenters. The summed E-state index contributed by atoms with van der Waals surface area (Å²) in [7, 11) is 0. The fourth-order valence-electron chi connectivity index (χ4n) is 0.263. The van der Waals surface area contributed by atoms with Gasteiger partial charge in [-0.1, -0.05) is 23.4 Å². The van der Waals surface area contributed by atoms with Gasteiger partial charge in [0.05, 0.1) is 6.21 Å². The third kappa shape index (κ3) is 4.95. The van der Waals surface area contributed by atoms with E-state index in [9.17, 15) is 0 Å². The summed E-state index contributed by atoms with van der Waals surface area (Å²) in [5.74, 6) is 0. The van der Waals surface area contributed by atoms with E-state index >= 15 is 0 Å². The minimum atomic E-state index is 1.31.